The van der Waals surface area contributed by atoms with E-state index in [4.69, 9.17) is 14.5 Å². The maximum atomic E-state index is 15.9. The van der Waals surface area contributed by atoms with Crippen LogP contribution in [0.4, 0.5) is 8.78 Å². The number of hydrogen-bond donors (Lipinski definition) is 3. The van der Waals surface area contributed by atoms with Crippen LogP contribution in [0, 0.1) is 11.6 Å². The van der Waals surface area contributed by atoms with Crippen molar-refractivity contribution in [2.45, 2.75) is 25.9 Å². The number of amides is 2. The number of nitrogens with zero attached hydrogens (tertiary/aromatic N) is 3. The number of nitrogens with one attached hydrogen (secondary N) is 3. The fourth-order valence-electron chi connectivity index (χ4n) is 5.22. The molecule has 0 saturated heterocycles. The first-order valence-electron chi connectivity index (χ1n) is 14.0. The summed E-state index contributed by atoms with van der Waals surface area (Å²) in [4.78, 5) is 33.5. The molecule has 0 unspecified atom stereocenters. The van der Waals surface area contributed by atoms with Crippen molar-refractivity contribution in [2.75, 3.05) is 20.3 Å². The molecule has 10 nitrogen and oxygen atoms in total. The highest BCUT2D eigenvalue weighted by molar-refractivity contribution is 7.18. The van der Waals surface area contributed by atoms with Crippen LogP contribution in [-0.4, -0.2) is 52.3 Å². The minimum atomic E-state index is -0.832. The molecule has 5 heterocycles. The molecule has 0 spiro atoms. The van der Waals surface area contributed by atoms with E-state index in [9.17, 15) is 14.0 Å². The summed E-state index contributed by atoms with van der Waals surface area (Å²) in [5.74, 6) is -2.09. The third-order valence-electron chi connectivity index (χ3n) is 7.41. The van der Waals surface area contributed by atoms with E-state index in [2.05, 4.69) is 32.4 Å². The molecule has 0 radical (unpaired) electrons. The van der Waals surface area contributed by atoms with E-state index in [1.807, 2.05) is 17.5 Å². The number of H-pyrrole nitrogens is 1. The molecule has 230 valence electrons. The first kappa shape index (κ1) is 30.0. The van der Waals surface area contributed by atoms with Gasteiger partial charge in [0.25, 0.3) is 0 Å². The van der Waals surface area contributed by atoms with Crippen molar-refractivity contribution < 1.29 is 27.8 Å². The second-order valence-corrected chi connectivity index (χ2v) is 11.3. The Labute approximate surface area is 260 Å². The maximum Gasteiger partial charge on any atom is 0.243 e. The normalized spacial score (nSPS) is 13.3. The molecule has 0 fully saturated rings. The predicted molar refractivity (Wildman–Crippen MR) is 165 cm³/mol. The van der Waals surface area contributed by atoms with Crippen LogP contribution < -0.4 is 15.4 Å². The van der Waals surface area contributed by atoms with E-state index in [1.165, 1.54) is 24.5 Å². The lowest BCUT2D eigenvalue weighted by Gasteiger charge is -2.19. The van der Waals surface area contributed by atoms with E-state index < -0.39 is 17.7 Å². The van der Waals surface area contributed by atoms with E-state index in [0.717, 1.165) is 17.7 Å². The third kappa shape index (κ3) is 5.91. The van der Waals surface area contributed by atoms with Crippen LogP contribution in [0.3, 0.4) is 0 Å². The van der Waals surface area contributed by atoms with Crippen LogP contribution in [0.5, 0.6) is 5.75 Å². The number of thiophene rings is 1. The summed E-state index contributed by atoms with van der Waals surface area (Å²) >= 11 is 1.37. The molecule has 5 aromatic rings. The molecule has 1 atom stereocenters. The molecule has 6 rings (SSSR count). The number of halogens is 2. The van der Waals surface area contributed by atoms with Crippen LogP contribution in [0.1, 0.15) is 29.9 Å². The van der Waals surface area contributed by atoms with E-state index in [-0.39, 0.29) is 42.8 Å². The summed E-state index contributed by atoms with van der Waals surface area (Å²) in [6.07, 6.45) is 3.03. The van der Waals surface area contributed by atoms with Crippen molar-refractivity contribution in [1.29, 1.82) is 0 Å². The molecule has 0 saturated carbocycles. The zero-order chi connectivity index (χ0) is 31.7. The van der Waals surface area contributed by atoms with Gasteiger partial charge in [-0.3, -0.25) is 19.7 Å². The number of rotatable bonds is 10. The van der Waals surface area contributed by atoms with E-state index >= 15 is 4.39 Å². The van der Waals surface area contributed by atoms with E-state index in [1.54, 1.807) is 19.2 Å². The summed E-state index contributed by atoms with van der Waals surface area (Å²) in [5.41, 5.74) is 4.46. The van der Waals surface area contributed by atoms with Crippen LogP contribution in [0.25, 0.3) is 43.9 Å². The molecule has 1 aromatic carbocycles. The molecule has 2 amide bonds. The van der Waals surface area contributed by atoms with Gasteiger partial charge in [-0.2, -0.15) is 5.10 Å². The topological polar surface area (TPSA) is 131 Å². The van der Waals surface area contributed by atoms with Gasteiger partial charge in [0.05, 0.1) is 41.7 Å². The molecule has 0 aliphatic carbocycles. The lowest BCUT2D eigenvalue weighted by Crippen LogP contribution is -2.30. The van der Waals surface area contributed by atoms with E-state index in [0.29, 0.717) is 56.2 Å². The third-order valence-corrected chi connectivity index (χ3v) is 8.34. The SMILES string of the molecule is C=CC(=O)N[C@@H](C)c1cc(-c2nc(-c3cnc4c(c3)CNC(=O)C4)c3ccsc3c2-c2c(F)cc(F)cc2OCCOC)n[nH]1. The fraction of sp³-hybridized carbons (Fsp3) is 0.219. The summed E-state index contributed by atoms with van der Waals surface area (Å²) in [7, 11) is 1.50. The van der Waals surface area contributed by atoms with Crippen molar-refractivity contribution in [1.82, 2.24) is 30.8 Å². The van der Waals surface area contributed by atoms with Crippen LogP contribution in [-0.2, 0) is 27.3 Å². The van der Waals surface area contributed by atoms with Gasteiger partial charge in [0.15, 0.2) is 0 Å². The Balaban J connectivity index is 1.59. The largest absolute Gasteiger partial charge is 0.490 e. The highest BCUT2D eigenvalue weighted by Crippen LogP contribution is 2.47. The summed E-state index contributed by atoms with van der Waals surface area (Å²) in [6, 6.07) is 7.02. The number of fused-ring (bicyclic) bond motifs is 2. The lowest BCUT2D eigenvalue weighted by molar-refractivity contribution is -0.121. The Kier molecular flexibility index (Phi) is 8.37. The van der Waals surface area contributed by atoms with Gasteiger partial charge in [0.2, 0.25) is 11.8 Å². The monoisotopic (exact) mass is 630 g/mol. The summed E-state index contributed by atoms with van der Waals surface area (Å²) < 4.78 is 42.0. The van der Waals surface area contributed by atoms with Gasteiger partial charge in [-0.15, -0.1) is 11.3 Å². The average molecular weight is 631 g/mol. The number of carbonyl (C=O) groups excluding carboxylic acids is 2. The number of aromatic nitrogens is 4. The minimum Gasteiger partial charge on any atom is -0.490 e. The fourth-order valence-corrected chi connectivity index (χ4v) is 6.17. The molecule has 0 bridgehead atoms. The number of pyridine rings is 2. The average Bonchev–Trinajstić information content (AvgIpc) is 3.71. The first-order valence-corrected chi connectivity index (χ1v) is 14.9. The standard InChI is InChI=1S/C32H28F2N6O4S/c1-4-26(41)37-16(2)22-12-24(40-39-22)31-29(28-21(34)10-19(33)11-25(28)44-7-6-43-3)32-20(5-8-45-32)30(38-31)18-9-17-14-36-27(42)13-23(17)35-15-18/h4-5,8-12,15-16H,1,6-7,13-14H2,2-3H3,(H,36,42)(H,37,41)(H,39,40)/t16-/m0/s1. The summed E-state index contributed by atoms with van der Waals surface area (Å²) in [5, 5.41) is 15.7. The van der Waals surface area contributed by atoms with Gasteiger partial charge in [-0.1, -0.05) is 6.58 Å². The minimum absolute atomic E-state index is 0.0105. The Bertz CT molecular complexity index is 1960. The maximum absolute atomic E-state index is 15.9. The van der Waals surface area contributed by atoms with Crippen LogP contribution >= 0.6 is 11.3 Å². The lowest BCUT2D eigenvalue weighted by atomic mass is 9.96. The number of aromatic amines is 1. The molecule has 1 aliphatic heterocycles. The van der Waals surface area contributed by atoms with Crippen molar-refractivity contribution >= 4 is 33.2 Å². The number of methoxy groups -OCH3 is 1. The van der Waals surface area contributed by atoms with Gasteiger partial charge < -0.3 is 20.1 Å². The van der Waals surface area contributed by atoms with Crippen molar-refractivity contribution in [3.63, 3.8) is 0 Å². The van der Waals surface area contributed by atoms with Crippen LogP contribution in [0.2, 0.25) is 0 Å². The van der Waals surface area contributed by atoms with Crippen molar-refractivity contribution in [3.05, 3.63) is 83.1 Å². The Hall–Kier alpha value is -5.01. The van der Waals surface area contributed by atoms with Gasteiger partial charge in [0.1, 0.15) is 35.4 Å². The molecule has 1 aliphatic rings. The Morgan fingerprint density at radius 2 is 2.04 bits per heavy atom. The van der Waals surface area contributed by atoms with Crippen molar-refractivity contribution in [3.8, 4) is 39.5 Å². The highest BCUT2D eigenvalue weighted by Gasteiger charge is 2.27. The molecular weight excluding hydrogens is 602 g/mol. The number of hydrogen-bond acceptors (Lipinski definition) is 8. The number of benzene rings is 1. The second kappa shape index (κ2) is 12.5. The highest BCUT2D eigenvalue weighted by atomic mass is 32.1. The number of ether oxygens (including phenoxy) is 2. The molecule has 3 N–H and O–H groups in total. The summed E-state index contributed by atoms with van der Waals surface area (Å²) in [6.45, 7) is 5.88. The van der Waals surface area contributed by atoms with Gasteiger partial charge in [0, 0.05) is 53.2 Å². The number of carbonyl (C=O) groups is 2. The van der Waals surface area contributed by atoms with Gasteiger partial charge in [-0.05, 0) is 42.1 Å². The first-order chi connectivity index (χ1) is 21.8. The van der Waals surface area contributed by atoms with Gasteiger partial charge in [-0.25, -0.2) is 13.8 Å². The molecule has 4 aromatic heterocycles. The molecular formula is C32H28F2N6O4S. The van der Waals surface area contributed by atoms with Crippen molar-refractivity contribution in [2.24, 2.45) is 0 Å². The molecule has 13 heteroatoms. The Morgan fingerprint density at radius 1 is 1.20 bits per heavy atom. The quantitative estimate of drug-likeness (QED) is 0.142. The smallest absolute Gasteiger partial charge is 0.243 e. The predicted octanol–water partition coefficient (Wildman–Crippen LogP) is 5.25. The Morgan fingerprint density at radius 3 is 2.84 bits per heavy atom. The van der Waals surface area contributed by atoms with Crippen LogP contribution in [0.15, 0.2) is 54.6 Å². The molecule has 45 heavy (non-hydrogen) atoms. The zero-order valence-corrected chi connectivity index (χ0v) is 25.2. The second-order valence-electron chi connectivity index (χ2n) is 10.4. The van der Waals surface area contributed by atoms with Gasteiger partial charge >= 0.3 is 0 Å². The zero-order valence-electron chi connectivity index (χ0n) is 24.4.